The molecular formula is C23H22ClF2N3O5. The number of fused-ring (bicyclic) bond motifs is 2. The summed E-state index contributed by atoms with van der Waals surface area (Å²) in [7, 11) is 1.27. The molecule has 1 N–H and O–H groups in total. The Labute approximate surface area is 198 Å². The number of rotatable bonds is 4. The fourth-order valence-corrected chi connectivity index (χ4v) is 5.59. The van der Waals surface area contributed by atoms with Crippen LogP contribution in [0.1, 0.15) is 58.6 Å². The van der Waals surface area contributed by atoms with Gasteiger partial charge in [-0.3, -0.25) is 14.4 Å². The number of amides is 2. The fraction of sp³-hybridized carbons (Fsp3) is 0.435. The zero-order chi connectivity index (χ0) is 24.4. The minimum Gasteiger partial charge on any atom is -0.491 e. The van der Waals surface area contributed by atoms with Crippen molar-refractivity contribution >= 4 is 23.4 Å². The predicted molar refractivity (Wildman–Crippen MR) is 117 cm³/mol. The third kappa shape index (κ3) is 3.08. The van der Waals surface area contributed by atoms with Gasteiger partial charge in [-0.1, -0.05) is 17.7 Å². The van der Waals surface area contributed by atoms with Crippen molar-refractivity contribution in [2.75, 3.05) is 13.7 Å². The highest BCUT2D eigenvalue weighted by molar-refractivity contribution is 6.30. The molecule has 3 aliphatic rings. The molecule has 1 spiro atoms. The summed E-state index contributed by atoms with van der Waals surface area (Å²) in [6.45, 7) is 1.95. The van der Waals surface area contributed by atoms with E-state index in [0.29, 0.717) is 19.4 Å². The molecule has 3 heterocycles. The van der Waals surface area contributed by atoms with Gasteiger partial charge in [-0.05, 0) is 32.3 Å². The number of benzene rings is 1. The van der Waals surface area contributed by atoms with E-state index in [4.69, 9.17) is 21.1 Å². The topological polar surface area (TPSA) is 89.9 Å². The van der Waals surface area contributed by atoms with E-state index in [1.807, 2.05) is 6.92 Å². The Morgan fingerprint density at radius 3 is 2.85 bits per heavy atom. The van der Waals surface area contributed by atoms with E-state index in [-0.39, 0.29) is 47.1 Å². The van der Waals surface area contributed by atoms with E-state index in [9.17, 15) is 23.2 Å². The van der Waals surface area contributed by atoms with Gasteiger partial charge in [-0.25, -0.2) is 8.78 Å². The Bertz CT molecular complexity index is 1280. The van der Waals surface area contributed by atoms with Crippen LogP contribution >= 0.6 is 11.6 Å². The van der Waals surface area contributed by atoms with Gasteiger partial charge in [0, 0.05) is 18.3 Å². The second-order valence-corrected chi connectivity index (χ2v) is 9.14. The van der Waals surface area contributed by atoms with Gasteiger partial charge >= 0.3 is 0 Å². The van der Waals surface area contributed by atoms with Crippen molar-refractivity contribution in [3.8, 4) is 5.75 Å². The molecule has 180 valence electrons. The number of halogens is 3. The maximum Gasteiger partial charge on any atom is 0.277 e. The van der Waals surface area contributed by atoms with Crippen LogP contribution < -0.4 is 15.5 Å². The monoisotopic (exact) mass is 493 g/mol. The minimum atomic E-state index is -0.993. The number of aromatic nitrogens is 1. The average molecular weight is 494 g/mol. The summed E-state index contributed by atoms with van der Waals surface area (Å²) < 4.78 is 40.7. The Balaban J connectivity index is 1.54. The molecule has 0 bridgehead atoms. The number of carbonyl (C=O) groups is 2. The van der Waals surface area contributed by atoms with Gasteiger partial charge < -0.3 is 24.3 Å². The summed E-state index contributed by atoms with van der Waals surface area (Å²) in [5, 5.41) is 1.79. The second-order valence-electron chi connectivity index (χ2n) is 8.77. The van der Waals surface area contributed by atoms with Crippen molar-refractivity contribution in [2.24, 2.45) is 0 Å². The second kappa shape index (κ2) is 8.06. The number of nitrogens with zero attached hydrogens (tertiary/aromatic N) is 2. The summed E-state index contributed by atoms with van der Waals surface area (Å²) in [5.74, 6) is -3.31. The van der Waals surface area contributed by atoms with Gasteiger partial charge in [-0.2, -0.15) is 0 Å². The smallest absolute Gasteiger partial charge is 0.277 e. The highest BCUT2D eigenvalue weighted by Gasteiger charge is 2.60. The molecule has 1 saturated carbocycles. The van der Waals surface area contributed by atoms with Gasteiger partial charge in [0.25, 0.3) is 11.8 Å². The first-order valence-electron chi connectivity index (χ1n) is 10.9. The quantitative estimate of drug-likeness (QED) is 0.661. The first-order chi connectivity index (χ1) is 16.2. The third-order valence-corrected chi connectivity index (χ3v) is 7.26. The Morgan fingerprint density at radius 1 is 1.35 bits per heavy atom. The lowest BCUT2D eigenvalue weighted by Gasteiger charge is -2.46. The number of hydrogen-bond acceptors (Lipinski definition) is 5. The molecule has 1 saturated heterocycles. The molecule has 0 unspecified atom stereocenters. The normalized spacial score (nSPS) is 25.1. The first kappa shape index (κ1) is 22.8. The number of ether oxygens (including phenoxy) is 2. The van der Waals surface area contributed by atoms with Crippen LogP contribution in [0.2, 0.25) is 5.02 Å². The molecule has 5 rings (SSSR count). The van der Waals surface area contributed by atoms with E-state index in [1.54, 1.807) is 9.47 Å². The third-order valence-electron chi connectivity index (χ3n) is 6.91. The van der Waals surface area contributed by atoms with Crippen LogP contribution in [0.4, 0.5) is 8.78 Å². The molecule has 0 radical (unpaired) electrons. The number of hydrogen-bond donors (Lipinski definition) is 1. The molecular weight excluding hydrogens is 472 g/mol. The Kier molecular flexibility index (Phi) is 5.40. The van der Waals surface area contributed by atoms with Crippen molar-refractivity contribution in [1.82, 2.24) is 14.8 Å². The van der Waals surface area contributed by atoms with Crippen molar-refractivity contribution in [2.45, 2.75) is 50.5 Å². The summed E-state index contributed by atoms with van der Waals surface area (Å²) in [6, 6.07) is 1.69. The molecule has 2 aromatic rings. The molecule has 2 amide bonds. The maximum absolute atomic E-state index is 14.2. The number of nitrogens with one attached hydrogen (secondary N) is 1. The molecule has 2 fully saturated rings. The van der Waals surface area contributed by atoms with Gasteiger partial charge in [0.1, 0.15) is 22.2 Å². The zero-order valence-corrected chi connectivity index (χ0v) is 19.2. The van der Waals surface area contributed by atoms with Crippen molar-refractivity contribution < 1.29 is 27.8 Å². The van der Waals surface area contributed by atoms with E-state index in [0.717, 1.165) is 18.6 Å². The standard InChI is InChI=1S/C23H22ClF2N3O5/c1-11-10-34-23-7-3-4-15(23)28-9-13(19(30)20(33-2)18(28)22(32)29(11)23)21(31)27-8-12-5-6-14(25)16(24)17(12)26/h5-6,9,11,15H,3-4,7-8,10H2,1-2H3,(H,27,31)/t11-,15+,23+/m1/s1. The van der Waals surface area contributed by atoms with Crippen molar-refractivity contribution in [3.63, 3.8) is 0 Å². The molecule has 1 aliphatic carbocycles. The van der Waals surface area contributed by atoms with Crippen LogP contribution in [0, 0.1) is 11.6 Å². The lowest BCUT2D eigenvalue weighted by molar-refractivity contribution is -0.101. The highest BCUT2D eigenvalue weighted by Crippen LogP contribution is 2.52. The van der Waals surface area contributed by atoms with E-state index in [2.05, 4.69) is 5.32 Å². The minimum absolute atomic E-state index is 0.0429. The number of methoxy groups -OCH3 is 1. The largest absolute Gasteiger partial charge is 0.491 e. The van der Waals surface area contributed by atoms with E-state index in [1.165, 1.54) is 13.3 Å². The predicted octanol–water partition coefficient (Wildman–Crippen LogP) is 3.01. The Morgan fingerprint density at radius 2 is 2.12 bits per heavy atom. The molecule has 1 aromatic heterocycles. The molecule has 3 atom stereocenters. The summed E-state index contributed by atoms with van der Waals surface area (Å²) in [5.41, 5.74) is -1.80. The van der Waals surface area contributed by atoms with Crippen molar-refractivity contribution in [1.29, 1.82) is 0 Å². The molecule has 34 heavy (non-hydrogen) atoms. The fourth-order valence-electron chi connectivity index (χ4n) is 5.40. The van der Waals surface area contributed by atoms with Crippen LogP contribution in [0.15, 0.2) is 23.1 Å². The van der Waals surface area contributed by atoms with Crippen LogP contribution in [-0.2, 0) is 11.3 Å². The average Bonchev–Trinajstić information content (AvgIpc) is 3.39. The lowest BCUT2D eigenvalue weighted by Crippen LogP contribution is -2.58. The Hall–Kier alpha value is -2.98. The van der Waals surface area contributed by atoms with Gasteiger partial charge in [-0.15, -0.1) is 0 Å². The molecule has 1 aromatic carbocycles. The van der Waals surface area contributed by atoms with Gasteiger partial charge in [0.2, 0.25) is 5.43 Å². The summed E-state index contributed by atoms with van der Waals surface area (Å²) >= 11 is 5.60. The summed E-state index contributed by atoms with van der Waals surface area (Å²) in [4.78, 5) is 41.3. The first-order valence-corrected chi connectivity index (χ1v) is 11.3. The maximum atomic E-state index is 14.2. The van der Waals surface area contributed by atoms with Crippen LogP contribution in [0.3, 0.4) is 0 Å². The summed E-state index contributed by atoms with van der Waals surface area (Å²) in [6.07, 6.45) is 3.49. The zero-order valence-electron chi connectivity index (χ0n) is 18.5. The highest BCUT2D eigenvalue weighted by atomic mass is 35.5. The van der Waals surface area contributed by atoms with Gasteiger partial charge in [0.05, 0.1) is 25.8 Å². The van der Waals surface area contributed by atoms with Crippen molar-refractivity contribution in [3.05, 3.63) is 62.0 Å². The number of carbonyl (C=O) groups excluding carboxylic acids is 2. The van der Waals surface area contributed by atoms with Crippen LogP contribution in [-0.4, -0.2) is 46.8 Å². The van der Waals surface area contributed by atoms with E-state index < -0.39 is 33.7 Å². The molecule has 8 nitrogen and oxygen atoms in total. The SMILES string of the molecule is COc1c2n(cc(C(=O)NCc3ccc(F)c(Cl)c3F)c1=O)[C@H]1CCC[C@]13OC[C@@H](C)N3C2=O. The molecule has 2 aliphatic heterocycles. The van der Waals surface area contributed by atoms with Crippen LogP contribution in [0.5, 0.6) is 5.75 Å². The molecule has 11 heteroatoms. The van der Waals surface area contributed by atoms with E-state index >= 15 is 0 Å². The van der Waals surface area contributed by atoms with Gasteiger partial charge in [0.15, 0.2) is 17.2 Å². The van der Waals surface area contributed by atoms with Crippen LogP contribution in [0.25, 0.3) is 0 Å². The number of pyridine rings is 1. The lowest BCUT2D eigenvalue weighted by atomic mass is 9.98.